The minimum atomic E-state index is -3.98. The summed E-state index contributed by atoms with van der Waals surface area (Å²) in [5, 5.41) is 0. The van der Waals surface area contributed by atoms with E-state index >= 15 is 0 Å². The Kier molecular flexibility index (Phi) is 7.76. The van der Waals surface area contributed by atoms with Gasteiger partial charge in [0, 0.05) is 31.2 Å². The molecule has 2 aliphatic rings. The Balaban J connectivity index is 1.66. The predicted octanol–water partition coefficient (Wildman–Crippen LogP) is 4.77. The van der Waals surface area contributed by atoms with Crippen molar-refractivity contribution in [1.82, 2.24) is 8.61 Å². The molecule has 1 aliphatic carbocycles. The lowest BCUT2D eigenvalue weighted by molar-refractivity contribution is 0.184. The Morgan fingerprint density at radius 3 is 2.12 bits per heavy atom. The summed E-state index contributed by atoms with van der Waals surface area (Å²) in [5.74, 6) is -0.289. The van der Waals surface area contributed by atoms with Gasteiger partial charge in [0.1, 0.15) is 5.82 Å². The highest BCUT2D eigenvalue weighted by molar-refractivity contribution is 7.89. The van der Waals surface area contributed by atoms with Gasteiger partial charge in [-0.05, 0) is 61.9 Å². The standard InChI is InChI=1S/C25H33FN2O4S2/c1-20-9-3-6-12-25(20)28(19-21-10-4-5-11-24(21)26)34(31,32)23-15-13-22(14-16-23)33(29,30)27-17-7-2-8-18-27/h4-5,10-11,13-16,20,25H,2-3,6-9,12,17-19H2,1H3/t20-,25+/m0/s1. The SMILES string of the molecule is C[C@H]1CCCC[C@H]1N(Cc1ccccc1F)S(=O)(=O)c1ccc(S(=O)(=O)N2CCCCC2)cc1. The molecule has 0 unspecified atom stereocenters. The largest absolute Gasteiger partial charge is 0.243 e. The summed E-state index contributed by atoms with van der Waals surface area (Å²) in [7, 11) is -7.63. The molecule has 6 nitrogen and oxygen atoms in total. The van der Waals surface area contributed by atoms with Gasteiger partial charge in [0.2, 0.25) is 20.0 Å². The molecule has 0 radical (unpaired) electrons. The lowest BCUT2D eigenvalue weighted by Crippen LogP contribution is -2.44. The number of piperidine rings is 1. The zero-order chi connectivity index (χ0) is 24.3. The molecule has 1 saturated carbocycles. The van der Waals surface area contributed by atoms with Gasteiger partial charge in [-0.25, -0.2) is 21.2 Å². The van der Waals surface area contributed by atoms with Crippen LogP contribution in [0.25, 0.3) is 0 Å². The fraction of sp³-hybridized carbons (Fsp3) is 0.520. The molecule has 1 saturated heterocycles. The molecule has 2 aromatic rings. The monoisotopic (exact) mass is 508 g/mol. The van der Waals surface area contributed by atoms with Crippen molar-refractivity contribution in [2.75, 3.05) is 13.1 Å². The Morgan fingerprint density at radius 1 is 0.853 bits per heavy atom. The summed E-state index contributed by atoms with van der Waals surface area (Å²) in [6.07, 6.45) is 6.28. The average molecular weight is 509 g/mol. The summed E-state index contributed by atoms with van der Waals surface area (Å²) in [4.78, 5) is 0.124. The van der Waals surface area contributed by atoms with Crippen LogP contribution in [0.3, 0.4) is 0 Å². The first kappa shape index (κ1) is 25.3. The highest BCUT2D eigenvalue weighted by Gasteiger charge is 2.36. The van der Waals surface area contributed by atoms with Gasteiger partial charge in [-0.3, -0.25) is 0 Å². The van der Waals surface area contributed by atoms with Gasteiger partial charge in [0.25, 0.3) is 0 Å². The van der Waals surface area contributed by atoms with Crippen LogP contribution in [-0.4, -0.2) is 44.6 Å². The van der Waals surface area contributed by atoms with Crippen LogP contribution >= 0.6 is 0 Å². The first-order chi connectivity index (χ1) is 16.2. The zero-order valence-corrected chi connectivity index (χ0v) is 21.2. The van der Waals surface area contributed by atoms with Crippen molar-refractivity contribution in [3.05, 3.63) is 59.9 Å². The highest BCUT2D eigenvalue weighted by atomic mass is 32.2. The van der Waals surface area contributed by atoms with Crippen molar-refractivity contribution in [3.63, 3.8) is 0 Å². The van der Waals surface area contributed by atoms with Crippen molar-refractivity contribution >= 4 is 20.0 Å². The normalized spacial score (nSPS) is 22.7. The van der Waals surface area contributed by atoms with E-state index in [1.165, 1.54) is 38.9 Å². The Morgan fingerprint density at radius 2 is 1.47 bits per heavy atom. The van der Waals surface area contributed by atoms with E-state index in [9.17, 15) is 21.2 Å². The van der Waals surface area contributed by atoms with Crippen LogP contribution in [0.5, 0.6) is 0 Å². The Labute approximate surface area is 202 Å². The summed E-state index contributed by atoms with van der Waals surface area (Å²) >= 11 is 0. The maximum Gasteiger partial charge on any atom is 0.243 e. The van der Waals surface area contributed by atoms with Crippen molar-refractivity contribution in [3.8, 4) is 0 Å². The average Bonchev–Trinajstić information content (AvgIpc) is 2.85. The minimum Gasteiger partial charge on any atom is -0.207 e. The van der Waals surface area contributed by atoms with Crippen molar-refractivity contribution in [2.24, 2.45) is 5.92 Å². The van der Waals surface area contributed by atoms with E-state index in [0.29, 0.717) is 18.7 Å². The third kappa shape index (κ3) is 5.22. The quantitative estimate of drug-likeness (QED) is 0.540. The first-order valence-corrected chi connectivity index (χ1v) is 14.9. The van der Waals surface area contributed by atoms with Crippen LogP contribution in [-0.2, 0) is 26.6 Å². The van der Waals surface area contributed by atoms with Crippen LogP contribution < -0.4 is 0 Å². The zero-order valence-electron chi connectivity index (χ0n) is 19.6. The molecule has 0 N–H and O–H groups in total. The van der Waals surface area contributed by atoms with Crippen LogP contribution in [0.1, 0.15) is 57.4 Å². The summed E-state index contributed by atoms with van der Waals surface area (Å²) in [6.45, 7) is 2.95. The van der Waals surface area contributed by atoms with E-state index in [1.54, 1.807) is 18.2 Å². The Bertz CT molecular complexity index is 1190. The maximum absolute atomic E-state index is 14.5. The van der Waals surface area contributed by atoms with Gasteiger partial charge in [-0.15, -0.1) is 0 Å². The molecule has 2 atom stereocenters. The van der Waals surface area contributed by atoms with Crippen LogP contribution in [0.15, 0.2) is 58.3 Å². The summed E-state index contributed by atoms with van der Waals surface area (Å²) < 4.78 is 70.9. The molecule has 0 aromatic heterocycles. The first-order valence-electron chi connectivity index (χ1n) is 12.1. The fourth-order valence-electron chi connectivity index (χ4n) is 5.07. The smallest absolute Gasteiger partial charge is 0.207 e. The van der Waals surface area contributed by atoms with E-state index in [1.807, 2.05) is 6.92 Å². The van der Waals surface area contributed by atoms with E-state index in [4.69, 9.17) is 0 Å². The number of benzene rings is 2. The highest BCUT2D eigenvalue weighted by Crippen LogP contribution is 2.34. The maximum atomic E-state index is 14.5. The topological polar surface area (TPSA) is 74.8 Å². The number of halogens is 1. The van der Waals surface area contributed by atoms with Crippen LogP contribution in [0, 0.1) is 11.7 Å². The molecule has 9 heteroatoms. The van der Waals surface area contributed by atoms with Gasteiger partial charge in [-0.2, -0.15) is 8.61 Å². The van der Waals surface area contributed by atoms with Crippen molar-refractivity contribution in [2.45, 2.75) is 74.2 Å². The molecule has 2 aromatic carbocycles. The number of rotatable bonds is 7. The molecule has 0 amide bonds. The molecule has 1 aliphatic heterocycles. The lowest BCUT2D eigenvalue weighted by atomic mass is 9.86. The van der Waals surface area contributed by atoms with Crippen LogP contribution in [0.2, 0.25) is 0 Å². The van der Waals surface area contributed by atoms with E-state index in [0.717, 1.165) is 44.9 Å². The molecule has 4 rings (SSSR count). The van der Waals surface area contributed by atoms with E-state index < -0.39 is 25.9 Å². The molecule has 34 heavy (non-hydrogen) atoms. The predicted molar refractivity (Wildman–Crippen MR) is 130 cm³/mol. The molecule has 2 fully saturated rings. The molecular weight excluding hydrogens is 475 g/mol. The van der Waals surface area contributed by atoms with Gasteiger partial charge >= 0.3 is 0 Å². The molecular formula is C25H33FN2O4S2. The third-order valence-corrected chi connectivity index (χ3v) is 10.9. The van der Waals surface area contributed by atoms with E-state index in [-0.39, 0.29) is 28.3 Å². The molecule has 0 spiro atoms. The lowest BCUT2D eigenvalue weighted by Gasteiger charge is -2.38. The van der Waals surface area contributed by atoms with Crippen molar-refractivity contribution in [1.29, 1.82) is 0 Å². The molecule has 0 bridgehead atoms. The summed E-state index contributed by atoms with van der Waals surface area (Å²) in [6, 6.07) is 11.5. The number of hydrogen-bond acceptors (Lipinski definition) is 4. The fourth-order valence-corrected chi connectivity index (χ4v) is 8.32. The minimum absolute atomic E-state index is 0.0270. The number of hydrogen-bond donors (Lipinski definition) is 0. The van der Waals surface area contributed by atoms with Gasteiger partial charge in [-0.1, -0.05) is 44.4 Å². The molecule has 186 valence electrons. The second-order valence-electron chi connectivity index (χ2n) is 9.41. The van der Waals surface area contributed by atoms with E-state index in [2.05, 4.69) is 0 Å². The summed E-state index contributed by atoms with van der Waals surface area (Å²) in [5.41, 5.74) is 0.327. The number of nitrogens with zero attached hydrogens (tertiary/aromatic N) is 2. The van der Waals surface area contributed by atoms with Gasteiger partial charge < -0.3 is 0 Å². The second-order valence-corrected chi connectivity index (χ2v) is 13.2. The van der Waals surface area contributed by atoms with Gasteiger partial charge in [0.15, 0.2) is 0 Å². The Hall–Kier alpha value is -1.81. The number of sulfonamides is 2. The van der Waals surface area contributed by atoms with Gasteiger partial charge in [0.05, 0.1) is 9.79 Å². The molecule has 1 heterocycles. The second kappa shape index (κ2) is 10.4. The van der Waals surface area contributed by atoms with Crippen molar-refractivity contribution < 1.29 is 21.2 Å². The third-order valence-electron chi connectivity index (χ3n) is 7.10. The van der Waals surface area contributed by atoms with Crippen LogP contribution in [0.4, 0.5) is 4.39 Å².